The first-order valence-corrected chi connectivity index (χ1v) is 4.99. The lowest BCUT2D eigenvalue weighted by atomic mass is 9.84. The van der Waals surface area contributed by atoms with Crippen LogP contribution in [0.4, 0.5) is 0 Å². The van der Waals surface area contributed by atoms with Gasteiger partial charge in [-0.1, -0.05) is 6.92 Å². The number of carbonyl (C=O) groups is 1. The molecule has 1 saturated carbocycles. The molecule has 1 atom stereocenters. The monoisotopic (exact) mass is 169 g/mol. The Morgan fingerprint density at radius 2 is 2.08 bits per heavy atom. The summed E-state index contributed by atoms with van der Waals surface area (Å²) in [7, 11) is 0. The number of ketones is 1. The van der Waals surface area contributed by atoms with Crippen molar-refractivity contribution in [1.29, 1.82) is 0 Å². The quantitative estimate of drug-likeness (QED) is 0.697. The molecule has 1 rings (SSSR count). The smallest absolute Gasteiger partial charge is 0.132 e. The number of nitrogens with one attached hydrogen (secondary N) is 1. The predicted molar refractivity (Wildman–Crippen MR) is 50.1 cm³/mol. The van der Waals surface area contributed by atoms with E-state index in [0.29, 0.717) is 11.8 Å². The molecule has 1 fully saturated rings. The summed E-state index contributed by atoms with van der Waals surface area (Å²) in [4.78, 5) is 11.0. The molecule has 12 heavy (non-hydrogen) atoms. The van der Waals surface area contributed by atoms with Gasteiger partial charge in [0.25, 0.3) is 0 Å². The van der Waals surface area contributed by atoms with E-state index < -0.39 is 0 Å². The normalized spacial score (nSPS) is 22.7. The largest absolute Gasteiger partial charge is 0.314 e. The first-order chi connectivity index (χ1) is 5.74. The highest BCUT2D eigenvalue weighted by molar-refractivity contribution is 5.79. The molecular formula is C10H19NO. The Morgan fingerprint density at radius 1 is 1.50 bits per heavy atom. The molecule has 0 aromatic carbocycles. The van der Waals surface area contributed by atoms with Crippen LogP contribution in [0.25, 0.3) is 0 Å². The second-order valence-corrected chi connectivity index (χ2v) is 3.72. The van der Waals surface area contributed by atoms with Crippen molar-refractivity contribution < 1.29 is 4.79 Å². The summed E-state index contributed by atoms with van der Waals surface area (Å²) >= 11 is 0. The predicted octanol–water partition coefficient (Wildman–Crippen LogP) is 1.74. The van der Waals surface area contributed by atoms with Crippen LogP contribution in [0.15, 0.2) is 0 Å². The molecule has 0 heterocycles. The zero-order valence-corrected chi connectivity index (χ0v) is 8.10. The number of hydrogen-bond acceptors (Lipinski definition) is 2. The summed E-state index contributed by atoms with van der Waals surface area (Å²) in [6.45, 7) is 5.39. The van der Waals surface area contributed by atoms with Crippen molar-refractivity contribution in [1.82, 2.24) is 5.32 Å². The maximum absolute atomic E-state index is 11.0. The van der Waals surface area contributed by atoms with Crippen LogP contribution >= 0.6 is 0 Å². The highest BCUT2D eigenvalue weighted by Crippen LogP contribution is 2.24. The summed E-state index contributed by atoms with van der Waals surface area (Å²) in [5, 5.41) is 3.42. The fourth-order valence-electron chi connectivity index (χ4n) is 1.95. The molecule has 2 heteroatoms. The molecule has 0 bridgehead atoms. The molecule has 0 radical (unpaired) electrons. The fraction of sp³-hybridized carbons (Fsp3) is 0.900. The number of hydrogen-bond donors (Lipinski definition) is 1. The standard InChI is InChI=1S/C10H19NO/c1-3-11-8(2)9-4-6-10(12)7-5-9/h8-9,11H,3-7H2,1-2H3. The van der Waals surface area contributed by atoms with Gasteiger partial charge in [-0.25, -0.2) is 0 Å². The third-order valence-corrected chi connectivity index (χ3v) is 2.82. The van der Waals surface area contributed by atoms with Gasteiger partial charge in [-0.15, -0.1) is 0 Å². The third-order valence-electron chi connectivity index (χ3n) is 2.82. The summed E-state index contributed by atoms with van der Waals surface area (Å²) < 4.78 is 0. The zero-order valence-electron chi connectivity index (χ0n) is 8.10. The molecule has 70 valence electrons. The van der Waals surface area contributed by atoms with Gasteiger partial charge in [-0.05, 0) is 32.2 Å². The van der Waals surface area contributed by atoms with Crippen molar-refractivity contribution in [3.63, 3.8) is 0 Å². The third kappa shape index (κ3) is 2.59. The lowest BCUT2D eigenvalue weighted by molar-refractivity contribution is -0.121. The minimum atomic E-state index is 0.454. The second-order valence-electron chi connectivity index (χ2n) is 3.72. The SMILES string of the molecule is CCNC(C)C1CCC(=O)CC1. The van der Waals surface area contributed by atoms with E-state index in [2.05, 4.69) is 19.2 Å². The Balaban J connectivity index is 2.28. The molecule has 1 aliphatic carbocycles. The Hall–Kier alpha value is -0.370. The summed E-state index contributed by atoms with van der Waals surface area (Å²) in [5.41, 5.74) is 0. The van der Waals surface area contributed by atoms with Crippen LogP contribution in [-0.4, -0.2) is 18.4 Å². The second kappa shape index (κ2) is 4.61. The lowest BCUT2D eigenvalue weighted by Crippen LogP contribution is -2.35. The molecular weight excluding hydrogens is 150 g/mol. The molecule has 0 aliphatic heterocycles. The van der Waals surface area contributed by atoms with Gasteiger partial charge in [0.2, 0.25) is 0 Å². The Morgan fingerprint density at radius 3 is 2.58 bits per heavy atom. The van der Waals surface area contributed by atoms with Gasteiger partial charge >= 0.3 is 0 Å². The molecule has 0 aromatic heterocycles. The van der Waals surface area contributed by atoms with Gasteiger partial charge in [0.15, 0.2) is 0 Å². The van der Waals surface area contributed by atoms with Gasteiger partial charge in [-0.2, -0.15) is 0 Å². The van der Waals surface area contributed by atoms with E-state index in [4.69, 9.17) is 0 Å². The molecule has 1 aliphatic rings. The van der Waals surface area contributed by atoms with E-state index >= 15 is 0 Å². The molecule has 0 amide bonds. The van der Waals surface area contributed by atoms with Crippen molar-refractivity contribution in [3.05, 3.63) is 0 Å². The van der Waals surface area contributed by atoms with Gasteiger partial charge in [-0.3, -0.25) is 4.79 Å². The van der Waals surface area contributed by atoms with Crippen LogP contribution in [0.2, 0.25) is 0 Å². The highest BCUT2D eigenvalue weighted by atomic mass is 16.1. The molecule has 0 aromatic rings. The molecule has 0 spiro atoms. The Bertz CT molecular complexity index is 146. The van der Waals surface area contributed by atoms with Crippen molar-refractivity contribution in [3.8, 4) is 0 Å². The summed E-state index contributed by atoms with van der Waals surface area (Å²) in [5.74, 6) is 1.18. The van der Waals surface area contributed by atoms with Gasteiger partial charge in [0, 0.05) is 18.9 Å². The maximum Gasteiger partial charge on any atom is 0.132 e. The van der Waals surface area contributed by atoms with Crippen LogP contribution in [-0.2, 0) is 4.79 Å². The molecule has 1 unspecified atom stereocenters. The number of Topliss-reactive ketones (excluding diaryl/α,β-unsaturated/α-hetero) is 1. The molecule has 2 nitrogen and oxygen atoms in total. The number of carbonyl (C=O) groups excluding carboxylic acids is 1. The Labute approximate surface area is 74.7 Å². The first kappa shape index (κ1) is 9.72. The minimum Gasteiger partial charge on any atom is -0.314 e. The van der Waals surface area contributed by atoms with E-state index in [-0.39, 0.29) is 0 Å². The minimum absolute atomic E-state index is 0.454. The van der Waals surface area contributed by atoms with Crippen molar-refractivity contribution in [2.24, 2.45) is 5.92 Å². The van der Waals surface area contributed by atoms with Crippen LogP contribution < -0.4 is 5.32 Å². The van der Waals surface area contributed by atoms with Gasteiger partial charge in [0.05, 0.1) is 0 Å². The molecule has 1 N–H and O–H groups in total. The average molecular weight is 169 g/mol. The van der Waals surface area contributed by atoms with Crippen LogP contribution in [0.5, 0.6) is 0 Å². The first-order valence-electron chi connectivity index (χ1n) is 4.99. The summed E-state index contributed by atoms with van der Waals surface area (Å²) in [6, 6.07) is 0.586. The maximum atomic E-state index is 11.0. The van der Waals surface area contributed by atoms with Gasteiger partial charge in [0.1, 0.15) is 5.78 Å². The van der Waals surface area contributed by atoms with E-state index in [9.17, 15) is 4.79 Å². The average Bonchev–Trinajstić information content (AvgIpc) is 2.06. The highest BCUT2D eigenvalue weighted by Gasteiger charge is 2.22. The lowest BCUT2D eigenvalue weighted by Gasteiger charge is -2.27. The van der Waals surface area contributed by atoms with Crippen LogP contribution in [0, 0.1) is 5.92 Å². The van der Waals surface area contributed by atoms with E-state index in [1.54, 1.807) is 0 Å². The van der Waals surface area contributed by atoms with E-state index in [0.717, 1.165) is 38.1 Å². The van der Waals surface area contributed by atoms with E-state index in [1.165, 1.54) is 0 Å². The Kier molecular flexibility index (Phi) is 3.73. The topological polar surface area (TPSA) is 29.1 Å². The molecule has 0 saturated heterocycles. The van der Waals surface area contributed by atoms with Crippen molar-refractivity contribution in [2.45, 2.75) is 45.6 Å². The van der Waals surface area contributed by atoms with Crippen LogP contribution in [0.1, 0.15) is 39.5 Å². The van der Waals surface area contributed by atoms with Gasteiger partial charge < -0.3 is 5.32 Å². The van der Waals surface area contributed by atoms with Crippen LogP contribution in [0.3, 0.4) is 0 Å². The fourth-order valence-corrected chi connectivity index (χ4v) is 1.95. The van der Waals surface area contributed by atoms with Crippen molar-refractivity contribution in [2.75, 3.05) is 6.54 Å². The number of rotatable bonds is 3. The summed E-state index contributed by atoms with van der Waals surface area (Å²) in [6.07, 6.45) is 3.79. The van der Waals surface area contributed by atoms with Crippen molar-refractivity contribution >= 4 is 5.78 Å². The van der Waals surface area contributed by atoms with E-state index in [1.807, 2.05) is 0 Å². The zero-order chi connectivity index (χ0) is 8.97.